The molecule has 0 radical (unpaired) electrons. The van der Waals surface area contributed by atoms with Gasteiger partial charge in [0.05, 0.1) is 7.11 Å². The van der Waals surface area contributed by atoms with E-state index >= 15 is 0 Å². The molecule has 0 bridgehead atoms. The third-order valence-corrected chi connectivity index (χ3v) is 8.46. The Kier molecular flexibility index (Phi) is 7.91. The van der Waals surface area contributed by atoms with Crippen LogP contribution in [0.1, 0.15) is 6.92 Å². The smallest absolute Gasteiger partial charge is 0.344 e. The molecule has 0 fully saturated rings. The van der Waals surface area contributed by atoms with Crippen LogP contribution in [0.25, 0.3) is 0 Å². The SMILES string of the molecule is CC(=O)[O-].COC(=O)C[P+](c1ccccc1)(c1ccccc1)c1ccccc1. The lowest BCUT2D eigenvalue weighted by atomic mass is 10.4. The maximum absolute atomic E-state index is 12.4. The molecule has 0 saturated heterocycles. The second-order valence-electron chi connectivity index (χ2n) is 6.04. The lowest BCUT2D eigenvalue weighted by molar-refractivity contribution is -0.302. The Morgan fingerprint density at radius 2 is 1.04 bits per heavy atom. The molecular weight excluding hydrogens is 371 g/mol. The van der Waals surface area contributed by atoms with E-state index in [1.165, 1.54) is 23.0 Å². The van der Waals surface area contributed by atoms with Gasteiger partial charge in [0, 0.05) is 5.97 Å². The van der Waals surface area contributed by atoms with Crippen molar-refractivity contribution in [2.45, 2.75) is 6.92 Å². The molecule has 0 N–H and O–H groups in total. The molecule has 3 aromatic rings. The number of carboxylic acid groups (broad SMARTS) is 1. The molecule has 0 aliphatic heterocycles. The monoisotopic (exact) mass is 394 g/mol. The van der Waals surface area contributed by atoms with E-state index in [4.69, 9.17) is 14.6 Å². The molecule has 0 atom stereocenters. The van der Waals surface area contributed by atoms with E-state index in [2.05, 4.69) is 36.4 Å². The lowest BCUT2D eigenvalue weighted by Gasteiger charge is -2.26. The summed E-state index contributed by atoms with van der Waals surface area (Å²) in [5, 5.41) is 12.5. The van der Waals surface area contributed by atoms with E-state index in [0.29, 0.717) is 6.16 Å². The summed E-state index contributed by atoms with van der Waals surface area (Å²) < 4.78 is 5.06. The average molecular weight is 394 g/mol. The Balaban J connectivity index is 0.000000640. The predicted octanol–water partition coefficient (Wildman–Crippen LogP) is 1.91. The molecule has 28 heavy (non-hydrogen) atoms. The van der Waals surface area contributed by atoms with Gasteiger partial charge in [-0.1, -0.05) is 54.6 Å². The number of hydrogen-bond donors (Lipinski definition) is 0. The number of carbonyl (C=O) groups excluding carboxylic acids is 2. The molecule has 0 aliphatic carbocycles. The molecule has 144 valence electrons. The fraction of sp³-hybridized carbons (Fsp3) is 0.130. The first-order valence-corrected chi connectivity index (χ1v) is 10.8. The quantitative estimate of drug-likeness (QED) is 0.490. The number of benzene rings is 3. The topological polar surface area (TPSA) is 66.4 Å². The van der Waals surface area contributed by atoms with E-state index in [1.54, 1.807) is 0 Å². The lowest BCUT2D eigenvalue weighted by Crippen LogP contribution is -2.36. The summed E-state index contributed by atoms with van der Waals surface area (Å²) in [5.41, 5.74) is 0. The zero-order valence-electron chi connectivity index (χ0n) is 15.9. The predicted molar refractivity (Wildman–Crippen MR) is 113 cm³/mol. The Morgan fingerprint density at radius 1 is 0.750 bits per heavy atom. The second-order valence-corrected chi connectivity index (χ2v) is 9.53. The fourth-order valence-corrected chi connectivity index (χ4v) is 7.03. The number of ether oxygens (including phenoxy) is 1. The van der Waals surface area contributed by atoms with Crippen molar-refractivity contribution in [3.8, 4) is 0 Å². The van der Waals surface area contributed by atoms with Gasteiger partial charge in [0.15, 0.2) is 6.16 Å². The highest BCUT2D eigenvalue weighted by molar-refractivity contribution is 7.96. The van der Waals surface area contributed by atoms with E-state index in [1.807, 2.05) is 54.6 Å². The number of hydrogen-bond acceptors (Lipinski definition) is 4. The normalized spacial score (nSPS) is 10.4. The molecule has 3 rings (SSSR count). The summed E-state index contributed by atoms with van der Waals surface area (Å²) in [7, 11) is -0.644. The van der Waals surface area contributed by atoms with Gasteiger partial charge < -0.3 is 14.6 Å². The van der Waals surface area contributed by atoms with Crippen LogP contribution < -0.4 is 21.0 Å². The number of carbonyl (C=O) groups is 2. The highest BCUT2D eigenvalue weighted by atomic mass is 31.2. The zero-order chi connectivity index (χ0) is 20.4. The molecular formula is C23H23O4P. The first-order valence-electron chi connectivity index (χ1n) is 8.80. The van der Waals surface area contributed by atoms with Crippen LogP contribution >= 0.6 is 7.26 Å². The summed E-state index contributed by atoms with van der Waals surface area (Å²) in [5.74, 6) is -1.26. The van der Waals surface area contributed by atoms with Gasteiger partial charge in [0.1, 0.15) is 23.2 Å². The molecule has 3 aromatic carbocycles. The minimum atomic E-state index is -2.10. The van der Waals surface area contributed by atoms with Crippen LogP contribution in [0.15, 0.2) is 91.0 Å². The van der Waals surface area contributed by atoms with Gasteiger partial charge in [0.25, 0.3) is 0 Å². The fourth-order valence-electron chi connectivity index (χ4n) is 3.03. The first kappa shape index (κ1) is 21.3. The van der Waals surface area contributed by atoms with Crippen LogP contribution in [0.2, 0.25) is 0 Å². The summed E-state index contributed by atoms with van der Waals surface area (Å²) in [6.07, 6.45) is 0.363. The van der Waals surface area contributed by atoms with Crippen molar-refractivity contribution in [3.63, 3.8) is 0 Å². The van der Waals surface area contributed by atoms with Crippen LogP contribution in [0.3, 0.4) is 0 Å². The number of aliphatic carboxylic acids is 1. The number of methoxy groups -OCH3 is 1. The Labute approximate surface area is 166 Å². The minimum Gasteiger partial charge on any atom is -0.550 e. The van der Waals surface area contributed by atoms with Crippen molar-refractivity contribution in [1.29, 1.82) is 0 Å². The number of rotatable bonds is 5. The summed E-state index contributed by atoms with van der Waals surface area (Å²) in [6, 6.07) is 31.0. The highest BCUT2D eigenvalue weighted by Gasteiger charge is 2.47. The number of carboxylic acids is 1. The Morgan fingerprint density at radius 3 is 1.29 bits per heavy atom. The second kappa shape index (κ2) is 10.4. The molecule has 0 spiro atoms. The van der Waals surface area contributed by atoms with Crippen LogP contribution in [0, 0.1) is 0 Å². The van der Waals surface area contributed by atoms with Gasteiger partial charge in [-0.2, -0.15) is 0 Å². The zero-order valence-corrected chi connectivity index (χ0v) is 16.8. The molecule has 5 heteroatoms. The van der Waals surface area contributed by atoms with Crippen molar-refractivity contribution in [3.05, 3.63) is 91.0 Å². The van der Waals surface area contributed by atoms with Gasteiger partial charge in [-0.3, -0.25) is 0 Å². The van der Waals surface area contributed by atoms with Crippen LogP contribution in [0.4, 0.5) is 0 Å². The van der Waals surface area contributed by atoms with Crippen LogP contribution in [-0.2, 0) is 14.3 Å². The molecule has 0 unspecified atom stereocenters. The van der Waals surface area contributed by atoms with Gasteiger partial charge in [-0.05, 0) is 43.3 Å². The maximum atomic E-state index is 12.4. The maximum Gasteiger partial charge on any atom is 0.344 e. The largest absolute Gasteiger partial charge is 0.550 e. The van der Waals surface area contributed by atoms with Crippen molar-refractivity contribution in [1.82, 2.24) is 0 Å². The van der Waals surface area contributed by atoms with Gasteiger partial charge >= 0.3 is 5.97 Å². The van der Waals surface area contributed by atoms with Crippen molar-refractivity contribution >= 4 is 35.1 Å². The molecule has 0 aromatic heterocycles. The highest BCUT2D eigenvalue weighted by Crippen LogP contribution is 2.55. The first-order chi connectivity index (χ1) is 13.5. The van der Waals surface area contributed by atoms with Gasteiger partial charge in [-0.25, -0.2) is 4.79 Å². The third-order valence-electron chi connectivity index (χ3n) is 4.18. The van der Waals surface area contributed by atoms with E-state index in [9.17, 15) is 4.79 Å². The summed E-state index contributed by atoms with van der Waals surface area (Å²) in [6.45, 7) is 0.972. The van der Waals surface area contributed by atoms with Crippen molar-refractivity contribution in [2.24, 2.45) is 0 Å². The minimum absolute atomic E-state index is 0.181. The molecule has 0 aliphatic rings. The number of esters is 1. The summed E-state index contributed by atoms with van der Waals surface area (Å²) >= 11 is 0. The van der Waals surface area contributed by atoms with Crippen molar-refractivity contribution in [2.75, 3.05) is 13.3 Å². The van der Waals surface area contributed by atoms with Crippen LogP contribution in [-0.4, -0.2) is 25.2 Å². The van der Waals surface area contributed by atoms with Gasteiger partial charge in [0.2, 0.25) is 0 Å². The molecule has 0 amide bonds. The third kappa shape index (κ3) is 5.28. The Hall–Kier alpha value is -2.97. The van der Waals surface area contributed by atoms with Gasteiger partial charge in [-0.15, -0.1) is 0 Å². The van der Waals surface area contributed by atoms with E-state index in [0.717, 1.165) is 6.92 Å². The Bertz CT molecular complexity index is 780. The van der Waals surface area contributed by atoms with E-state index in [-0.39, 0.29) is 5.97 Å². The standard InChI is InChI=1S/C21H20O2P.C2H4O2/c1-23-21(22)17-24(18-11-5-2-6-12-18,19-13-7-3-8-14-19)20-15-9-4-10-16-20;1-2(3)4/h2-16H,17H2,1H3;1H3,(H,3,4)/q+1;/p-1. The molecule has 0 heterocycles. The molecule has 0 saturated carbocycles. The van der Waals surface area contributed by atoms with Crippen molar-refractivity contribution < 1.29 is 19.4 Å². The summed E-state index contributed by atoms with van der Waals surface area (Å²) in [4.78, 5) is 21.2. The average Bonchev–Trinajstić information content (AvgIpc) is 2.73. The van der Waals surface area contributed by atoms with Crippen LogP contribution in [0.5, 0.6) is 0 Å². The van der Waals surface area contributed by atoms with E-state index < -0.39 is 13.2 Å². The molecule has 4 nitrogen and oxygen atoms in total.